The number of aliphatic hydroxyl groups excluding tert-OH is 1. The van der Waals surface area contributed by atoms with Gasteiger partial charge in [0.2, 0.25) is 0 Å². The molecule has 35 heavy (non-hydrogen) atoms. The van der Waals surface area contributed by atoms with Gasteiger partial charge in [-0.05, 0) is 79.2 Å². The SMILES string of the molecule is C.CC.Cc1ccccc1CO.N#CN1CCc2c([nH]c3c2=CCCC=3)CCC2CCCCC2C1. The standard InChI is InChI=1S/C20H27N3.C8H10O.C2H6.CH4/c21-14-23-12-11-18-17-7-3-4-8-19(17)22-20(18)10-9-15-5-1-2-6-16(15)13-23;1-7-4-2-3-5-8(7)6-9;1-2;/h7-8,15-16,22H,1-6,9-13H2;2-5,9H,6H2,1H3;1-2H3;1H4. The minimum atomic E-state index is 0. The second-order valence-corrected chi connectivity index (χ2v) is 9.62. The van der Waals surface area contributed by atoms with Crippen molar-refractivity contribution in [1.82, 2.24) is 9.88 Å². The first-order valence-corrected chi connectivity index (χ1v) is 13.4. The van der Waals surface area contributed by atoms with Crippen molar-refractivity contribution in [3.05, 3.63) is 57.2 Å². The fraction of sp³-hybridized carbons (Fsp3) is 0.581. The highest BCUT2D eigenvalue weighted by Gasteiger charge is 2.28. The van der Waals surface area contributed by atoms with Crippen molar-refractivity contribution in [2.75, 3.05) is 13.1 Å². The number of aryl methyl sites for hydroxylation is 2. The first-order chi connectivity index (χ1) is 16.7. The van der Waals surface area contributed by atoms with Crippen molar-refractivity contribution >= 4 is 12.2 Å². The molecule has 2 aliphatic carbocycles. The summed E-state index contributed by atoms with van der Waals surface area (Å²) in [6.07, 6.45) is 18.4. The van der Waals surface area contributed by atoms with E-state index in [-0.39, 0.29) is 14.0 Å². The van der Waals surface area contributed by atoms with Crippen LogP contribution in [-0.2, 0) is 19.4 Å². The molecular formula is C31H47N3O. The summed E-state index contributed by atoms with van der Waals surface area (Å²) in [5.41, 5.74) is 5.11. The predicted octanol–water partition coefficient (Wildman–Crippen LogP) is 5.60. The van der Waals surface area contributed by atoms with Gasteiger partial charge in [0, 0.05) is 24.1 Å². The van der Waals surface area contributed by atoms with Crippen molar-refractivity contribution in [3.63, 3.8) is 0 Å². The molecule has 192 valence electrons. The fourth-order valence-corrected chi connectivity index (χ4v) is 5.71. The summed E-state index contributed by atoms with van der Waals surface area (Å²) in [6, 6.07) is 7.81. The van der Waals surface area contributed by atoms with Gasteiger partial charge in [0.25, 0.3) is 0 Å². The van der Waals surface area contributed by atoms with Crippen molar-refractivity contribution in [2.24, 2.45) is 11.8 Å². The minimum absolute atomic E-state index is 0. The molecule has 0 bridgehead atoms. The van der Waals surface area contributed by atoms with Crippen LogP contribution in [0.3, 0.4) is 0 Å². The number of H-pyrrole nitrogens is 1. The summed E-state index contributed by atoms with van der Waals surface area (Å²) in [7, 11) is 0. The molecule has 1 aromatic heterocycles. The van der Waals surface area contributed by atoms with Crippen LogP contribution in [0.1, 0.15) is 88.6 Å². The molecule has 5 rings (SSSR count). The van der Waals surface area contributed by atoms with Gasteiger partial charge in [-0.1, -0.05) is 77.0 Å². The topological polar surface area (TPSA) is 63.0 Å². The zero-order valence-corrected chi connectivity index (χ0v) is 21.4. The monoisotopic (exact) mass is 477 g/mol. The van der Waals surface area contributed by atoms with E-state index >= 15 is 0 Å². The molecule has 1 fully saturated rings. The van der Waals surface area contributed by atoms with Crippen LogP contribution in [0.4, 0.5) is 0 Å². The zero-order valence-electron chi connectivity index (χ0n) is 21.4. The summed E-state index contributed by atoms with van der Waals surface area (Å²) >= 11 is 0. The van der Waals surface area contributed by atoms with E-state index in [1.807, 2.05) is 49.9 Å². The van der Waals surface area contributed by atoms with E-state index in [4.69, 9.17) is 5.11 Å². The largest absolute Gasteiger partial charge is 0.392 e. The summed E-state index contributed by atoms with van der Waals surface area (Å²) < 4.78 is 0. The van der Waals surface area contributed by atoms with E-state index in [9.17, 15) is 5.26 Å². The number of hydrogen-bond donors (Lipinski definition) is 2. The molecule has 0 spiro atoms. The van der Waals surface area contributed by atoms with Crippen LogP contribution >= 0.6 is 0 Å². The molecule has 0 saturated heterocycles. The molecule has 0 radical (unpaired) electrons. The Morgan fingerprint density at radius 3 is 2.43 bits per heavy atom. The van der Waals surface area contributed by atoms with Gasteiger partial charge in [0.05, 0.1) is 6.61 Å². The Morgan fingerprint density at radius 1 is 1.03 bits per heavy atom. The van der Waals surface area contributed by atoms with E-state index in [2.05, 4.69) is 23.3 Å². The van der Waals surface area contributed by atoms with Gasteiger partial charge >= 0.3 is 0 Å². The van der Waals surface area contributed by atoms with Gasteiger partial charge < -0.3 is 15.0 Å². The molecule has 1 aromatic carbocycles. The van der Waals surface area contributed by atoms with E-state index in [0.29, 0.717) is 0 Å². The third-order valence-electron chi connectivity index (χ3n) is 7.62. The molecule has 1 saturated carbocycles. The van der Waals surface area contributed by atoms with Crippen LogP contribution in [0.15, 0.2) is 24.3 Å². The van der Waals surface area contributed by atoms with E-state index in [1.165, 1.54) is 60.4 Å². The van der Waals surface area contributed by atoms with E-state index in [1.54, 1.807) is 0 Å². The Labute approximate surface area is 213 Å². The summed E-state index contributed by atoms with van der Waals surface area (Å²) in [4.78, 5) is 5.74. The van der Waals surface area contributed by atoms with Gasteiger partial charge in [-0.15, -0.1) is 0 Å². The van der Waals surface area contributed by atoms with Crippen molar-refractivity contribution in [2.45, 2.75) is 92.6 Å². The van der Waals surface area contributed by atoms with Crippen LogP contribution in [0.5, 0.6) is 0 Å². The number of rotatable bonds is 1. The first-order valence-electron chi connectivity index (χ1n) is 13.4. The summed E-state index contributed by atoms with van der Waals surface area (Å²) in [5, 5.41) is 21.0. The van der Waals surface area contributed by atoms with Crippen LogP contribution in [-0.4, -0.2) is 28.1 Å². The number of nitriles is 1. The Bertz CT molecular complexity index is 1060. The number of hydrogen-bond acceptors (Lipinski definition) is 3. The second-order valence-electron chi connectivity index (χ2n) is 9.62. The van der Waals surface area contributed by atoms with Crippen molar-refractivity contribution in [1.29, 1.82) is 5.26 Å². The van der Waals surface area contributed by atoms with Crippen LogP contribution in [0, 0.1) is 30.2 Å². The second kappa shape index (κ2) is 14.8. The highest BCUT2D eigenvalue weighted by molar-refractivity contribution is 5.42. The summed E-state index contributed by atoms with van der Waals surface area (Å²) in [6.45, 7) is 8.00. The average molecular weight is 478 g/mol. The maximum atomic E-state index is 9.55. The minimum Gasteiger partial charge on any atom is -0.392 e. The van der Waals surface area contributed by atoms with Gasteiger partial charge in [-0.2, -0.15) is 5.26 Å². The average Bonchev–Trinajstić information content (AvgIpc) is 3.25. The van der Waals surface area contributed by atoms with Crippen molar-refractivity contribution in [3.8, 4) is 6.19 Å². The molecule has 3 aliphatic rings. The number of aliphatic hydroxyl groups is 1. The maximum absolute atomic E-state index is 9.55. The molecule has 4 heteroatoms. The third-order valence-corrected chi connectivity index (χ3v) is 7.62. The first kappa shape index (κ1) is 28.7. The fourth-order valence-electron chi connectivity index (χ4n) is 5.71. The van der Waals surface area contributed by atoms with E-state index < -0.39 is 0 Å². The Kier molecular flexibility index (Phi) is 12.1. The molecule has 0 amide bonds. The molecular weight excluding hydrogens is 430 g/mol. The molecule has 2 aromatic rings. The summed E-state index contributed by atoms with van der Waals surface area (Å²) in [5.74, 6) is 1.53. The smallest absolute Gasteiger partial charge is 0.179 e. The van der Waals surface area contributed by atoms with Gasteiger partial charge in [-0.3, -0.25) is 0 Å². The Balaban J connectivity index is 0.000000305. The molecule has 4 nitrogen and oxygen atoms in total. The molecule has 2 unspecified atom stereocenters. The van der Waals surface area contributed by atoms with Crippen LogP contribution < -0.4 is 10.6 Å². The Morgan fingerprint density at radius 2 is 1.74 bits per heavy atom. The number of fused-ring (bicyclic) bond motifs is 4. The predicted molar refractivity (Wildman–Crippen MR) is 148 cm³/mol. The van der Waals surface area contributed by atoms with Crippen LogP contribution in [0.25, 0.3) is 12.2 Å². The normalized spacial score (nSPS) is 20.7. The van der Waals surface area contributed by atoms with Gasteiger partial charge in [0.15, 0.2) is 6.19 Å². The number of aromatic nitrogens is 1. The van der Waals surface area contributed by atoms with E-state index in [0.717, 1.165) is 55.3 Å². The molecule has 1 aliphatic heterocycles. The Hall–Kier alpha value is -2.51. The lowest BCUT2D eigenvalue weighted by atomic mass is 9.76. The lowest BCUT2D eigenvalue weighted by molar-refractivity contribution is 0.175. The lowest BCUT2D eigenvalue weighted by Gasteiger charge is -2.34. The lowest BCUT2D eigenvalue weighted by Crippen LogP contribution is -2.35. The van der Waals surface area contributed by atoms with Gasteiger partial charge in [0.1, 0.15) is 0 Å². The number of nitrogens with one attached hydrogen (secondary N) is 1. The number of nitrogens with zero attached hydrogens (tertiary/aromatic N) is 2. The highest BCUT2D eigenvalue weighted by Crippen LogP contribution is 2.34. The number of benzene rings is 1. The third kappa shape index (κ3) is 7.48. The number of aromatic amines is 1. The molecule has 2 atom stereocenters. The van der Waals surface area contributed by atoms with Crippen LogP contribution in [0.2, 0.25) is 0 Å². The van der Waals surface area contributed by atoms with Gasteiger partial charge in [-0.25, -0.2) is 0 Å². The van der Waals surface area contributed by atoms with Crippen molar-refractivity contribution < 1.29 is 5.11 Å². The highest BCUT2D eigenvalue weighted by atomic mass is 16.3. The quantitative estimate of drug-likeness (QED) is 0.526. The molecule has 2 heterocycles. The maximum Gasteiger partial charge on any atom is 0.179 e. The zero-order chi connectivity index (χ0) is 24.3. The molecule has 2 N–H and O–H groups in total.